The summed E-state index contributed by atoms with van der Waals surface area (Å²) in [5.74, 6) is -1.43. The van der Waals surface area contributed by atoms with Crippen LogP contribution in [0.1, 0.15) is 17.2 Å². The van der Waals surface area contributed by atoms with Crippen LogP contribution in [0, 0.1) is 12.8 Å². The third-order valence-electron chi connectivity index (χ3n) is 5.80. The van der Waals surface area contributed by atoms with Crippen LogP contribution in [0.15, 0.2) is 72.8 Å². The Balaban J connectivity index is 1.61. The molecular formula is C24H18Cl2N2O3. The minimum Gasteiger partial charge on any atom is -0.273 e. The van der Waals surface area contributed by atoms with Gasteiger partial charge in [0.2, 0.25) is 5.91 Å². The molecule has 0 unspecified atom stereocenters. The summed E-state index contributed by atoms with van der Waals surface area (Å²) < 4.78 is 0. The summed E-state index contributed by atoms with van der Waals surface area (Å²) in [7, 11) is 0. The molecule has 2 heterocycles. The summed E-state index contributed by atoms with van der Waals surface area (Å²) in [6.45, 7) is 1.79. The topological polar surface area (TPSA) is 49.9 Å². The van der Waals surface area contributed by atoms with Crippen molar-refractivity contribution in [2.24, 2.45) is 5.92 Å². The third kappa shape index (κ3) is 3.21. The van der Waals surface area contributed by atoms with Crippen molar-refractivity contribution >= 4 is 46.4 Å². The van der Waals surface area contributed by atoms with Gasteiger partial charge in [-0.25, -0.2) is 9.96 Å². The van der Waals surface area contributed by atoms with Gasteiger partial charge in [0, 0.05) is 10.0 Å². The van der Waals surface area contributed by atoms with Gasteiger partial charge in [0.1, 0.15) is 5.92 Å². The molecule has 31 heavy (non-hydrogen) atoms. The Morgan fingerprint density at radius 1 is 0.871 bits per heavy atom. The molecule has 0 bridgehead atoms. The Labute approximate surface area is 189 Å². The summed E-state index contributed by atoms with van der Waals surface area (Å²) in [5.41, 5.74) is 2.71. The highest BCUT2D eigenvalue weighted by molar-refractivity contribution is 6.32. The monoisotopic (exact) mass is 452 g/mol. The molecule has 3 aromatic carbocycles. The first kappa shape index (κ1) is 20.1. The molecule has 156 valence electrons. The van der Waals surface area contributed by atoms with Gasteiger partial charge in [-0.1, -0.05) is 59.6 Å². The number of rotatable bonds is 3. The molecule has 0 N–H and O–H groups in total. The number of imide groups is 1. The highest BCUT2D eigenvalue weighted by Gasteiger charge is 2.60. The van der Waals surface area contributed by atoms with Gasteiger partial charge in [-0.3, -0.25) is 14.4 Å². The van der Waals surface area contributed by atoms with Crippen LogP contribution in [0.2, 0.25) is 10.0 Å². The molecular weight excluding hydrogens is 435 g/mol. The molecule has 3 atom stereocenters. The second-order valence-electron chi connectivity index (χ2n) is 7.61. The van der Waals surface area contributed by atoms with E-state index in [2.05, 4.69) is 0 Å². The van der Waals surface area contributed by atoms with Crippen molar-refractivity contribution in [1.82, 2.24) is 0 Å². The Hall–Kier alpha value is -2.86. The first-order valence-corrected chi connectivity index (χ1v) is 10.6. The molecule has 0 aliphatic carbocycles. The van der Waals surface area contributed by atoms with Crippen LogP contribution in [0.5, 0.6) is 0 Å². The number of hydrogen-bond donors (Lipinski definition) is 0. The SMILES string of the molecule is Cc1c(Cl)cccc1N1C(=O)[C@H]2[C@@H](c3cccc(Cl)c3)N(c3ccccc3)O[C@H]2C1=O. The van der Waals surface area contributed by atoms with Crippen LogP contribution in [-0.2, 0) is 14.4 Å². The largest absolute Gasteiger partial charge is 0.273 e. The minimum atomic E-state index is -0.935. The van der Waals surface area contributed by atoms with Crippen LogP contribution < -0.4 is 9.96 Å². The van der Waals surface area contributed by atoms with E-state index in [1.807, 2.05) is 42.5 Å². The fourth-order valence-electron chi connectivity index (χ4n) is 4.32. The molecule has 2 saturated heterocycles. The lowest BCUT2D eigenvalue weighted by molar-refractivity contribution is -0.126. The van der Waals surface area contributed by atoms with E-state index in [1.165, 1.54) is 4.90 Å². The fraction of sp³-hybridized carbons (Fsp3) is 0.167. The molecule has 0 radical (unpaired) electrons. The number of hydrogen-bond acceptors (Lipinski definition) is 4. The maximum Gasteiger partial charge on any atom is 0.266 e. The van der Waals surface area contributed by atoms with Gasteiger partial charge < -0.3 is 0 Å². The lowest BCUT2D eigenvalue weighted by Crippen LogP contribution is -2.37. The zero-order chi connectivity index (χ0) is 21.7. The van der Waals surface area contributed by atoms with E-state index in [1.54, 1.807) is 42.3 Å². The van der Waals surface area contributed by atoms with E-state index in [4.69, 9.17) is 28.0 Å². The predicted molar refractivity (Wildman–Crippen MR) is 120 cm³/mol. The van der Waals surface area contributed by atoms with Crippen LogP contribution in [0.25, 0.3) is 0 Å². The van der Waals surface area contributed by atoms with E-state index in [0.717, 1.165) is 11.3 Å². The molecule has 0 saturated carbocycles. The number of anilines is 2. The zero-order valence-electron chi connectivity index (χ0n) is 16.5. The van der Waals surface area contributed by atoms with Crippen LogP contribution in [0.4, 0.5) is 11.4 Å². The Kier molecular flexibility index (Phi) is 4.97. The minimum absolute atomic E-state index is 0.316. The molecule has 2 aliphatic rings. The molecule has 5 nitrogen and oxygen atoms in total. The number of hydroxylamine groups is 1. The molecule has 7 heteroatoms. The van der Waals surface area contributed by atoms with Gasteiger partial charge in [0.15, 0.2) is 6.10 Å². The number of halogens is 2. The van der Waals surface area contributed by atoms with Crippen molar-refractivity contribution < 1.29 is 14.4 Å². The summed E-state index contributed by atoms with van der Waals surface area (Å²) >= 11 is 12.5. The third-order valence-corrected chi connectivity index (χ3v) is 6.44. The lowest BCUT2D eigenvalue weighted by atomic mass is 9.90. The number of nitrogens with zero attached hydrogens (tertiary/aromatic N) is 2. The second kappa shape index (κ2) is 7.68. The van der Waals surface area contributed by atoms with E-state index < -0.39 is 24.0 Å². The molecule has 0 spiro atoms. The van der Waals surface area contributed by atoms with Gasteiger partial charge in [-0.15, -0.1) is 0 Å². The highest BCUT2D eigenvalue weighted by atomic mass is 35.5. The molecule has 5 rings (SSSR count). The summed E-state index contributed by atoms with van der Waals surface area (Å²) in [5, 5.41) is 2.69. The second-order valence-corrected chi connectivity index (χ2v) is 8.45. The quantitative estimate of drug-likeness (QED) is 0.502. The maximum absolute atomic E-state index is 13.6. The van der Waals surface area contributed by atoms with Gasteiger partial charge in [0.25, 0.3) is 5.91 Å². The van der Waals surface area contributed by atoms with E-state index >= 15 is 0 Å². The average molecular weight is 453 g/mol. The maximum atomic E-state index is 13.6. The molecule has 2 amide bonds. The smallest absolute Gasteiger partial charge is 0.266 e. The Morgan fingerprint density at radius 3 is 2.35 bits per heavy atom. The molecule has 3 aromatic rings. The lowest BCUT2D eigenvalue weighted by Gasteiger charge is -2.29. The highest BCUT2D eigenvalue weighted by Crippen LogP contribution is 2.48. The van der Waals surface area contributed by atoms with E-state index in [-0.39, 0.29) is 5.91 Å². The first-order chi connectivity index (χ1) is 15.0. The van der Waals surface area contributed by atoms with Crippen LogP contribution in [0.3, 0.4) is 0 Å². The number of amides is 2. The number of benzene rings is 3. The van der Waals surface area contributed by atoms with E-state index in [9.17, 15) is 9.59 Å². The Morgan fingerprint density at radius 2 is 1.61 bits per heavy atom. The standard InChI is InChI=1S/C24H18Cl2N2O3/c1-14-18(26)11-6-12-19(14)27-23(29)20-21(15-7-5-8-16(25)13-15)28(31-22(20)24(27)30)17-9-3-2-4-10-17/h2-13,20-22H,1H3/t20-,21+,22+/m0/s1. The average Bonchev–Trinajstić information content (AvgIpc) is 3.27. The fourth-order valence-corrected chi connectivity index (χ4v) is 4.69. The first-order valence-electron chi connectivity index (χ1n) is 9.87. The van der Waals surface area contributed by atoms with Gasteiger partial charge >= 0.3 is 0 Å². The predicted octanol–water partition coefficient (Wildman–Crippen LogP) is 5.35. The van der Waals surface area contributed by atoms with Gasteiger partial charge in [0.05, 0.1) is 17.4 Å². The van der Waals surface area contributed by atoms with Crippen LogP contribution in [-0.4, -0.2) is 17.9 Å². The summed E-state index contributed by atoms with van der Waals surface area (Å²) in [4.78, 5) is 34.3. The van der Waals surface area contributed by atoms with Crippen LogP contribution >= 0.6 is 23.2 Å². The number of fused-ring (bicyclic) bond motifs is 1. The van der Waals surface area contributed by atoms with E-state index in [0.29, 0.717) is 21.3 Å². The van der Waals surface area contributed by atoms with Crippen molar-refractivity contribution in [2.45, 2.75) is 19.1 Å². The summed E-state index contributed by atoms with van der Waals surface area (Å²) in [6, 6.07) is 21.4. The summed E-state index contributed by atoms with van der Waals surface area (Å²) in [6.07, 6.45) is -0.935. The number of carbonyl (C=O) groups is 2. The van der Waals surface area contributed by atoms with Crippen molar-refractivity contribution in [1.29, 1.82) is 0 Å². The zero-order valence-corrected chi connectivity index (χ0v) is 18.0. The van der Waals surface area contributed by atoms with Crippen molar-refractivity contribution in [3.05, 3.63) is 94.0 Å². The van der Waals surface area contributed by atoms with Gasteiger partial charge in [-0.2, -0.15) is 0 Å². The normalized spacial score (nSPS) is 22.9. The molecule has 2 fully saturated rings. The number of carbonyl (C=O) groups excluding carboxylic acids is 2. The molecule has 0 aromatic heterocycles. The van der Waals surface area contributed by atoms with Crippen molar-refractivity contribution in [3.63, 3.8) is 0 Å². The van der Waals surface area contributed by atoms with Gasteiger partial charge in [-0.05, 0) is 54.4 Å². The van der Waals surface area contributed by atoms with Crippen molar-refractivity contribution in [3.8, 4) is 0 Å². The van der Waals surface area contributed by atoms with Crippen molar-refractivity contribution in [2.75, 3.05) is 9.96 Å². The molecule has 2 aliphatic heterocycles. The number of para-hydroxylation sites is 1. The Bertz CT molecular complexity index is 1180.